The van der Waals surface area contributed by atoms with Crippen molar-refractivity contribution in [2.75, 3.05) is 5.32 Å². The first-order valence-electron chi connectivity index (χ1n) is 5.35. The summed E-state index contributed by atoms with van der Waals surface area (Å²) >= 11 is 0. The molecule has 2 rings (SSSR count). The number of aromatic nitrogens is 2. The topological polar surface area (TPSA) is 61.6 Å². The quantitative estimate of drug-likeness (QED) is 0.863. The van der Waals surface area contributed by atoms with Gasteiger partial charge in [0.1, 0.15) is 6.04 Å². The average molecular weight is 224 g/mol. The summed E-state index contributed by atoms with van der Waals surface area (Å²) in [6.45, 7) is 0. The smallest absolute Gasteiger partial charge is 0.223 e. The highest BCUT2D eigenvalue weighted by atomic mass is 15.1. The highest BCUT2D eigenvalue weighted by molar-refractivity contribution is 5.30. The fourth-order valence-corrected chi connectivity index (χ4v) is 1.51. The summed E-state index contributed by atoms with van der Waals surface area (Å²) < 4.78 is 0. The molecular weight excluding hydrogens is 212 g/mol. The zero-order chi connectivity index (χ0) is 11.9. The lowest BCUT2D eigenvalue weighted by molar-refractivity contribution is 0.857. The molecule has 0 aliphatic rings. The van der Waals surface area contributed by atoms with Crippen LogP contribution in [-0.4, -0.2) is 16.0 Å². The van der Waals surface area contributed by atoms with E-state index in [0.717, 1.165) is 5.56 Å². The summed E-state index contributed by atoms with van der Waals surface area (Å²) in [6, 6.07) is 13.5. The highest BCUT2D eigenvalue weighted by Crippen LogP contribution is 2.06. The fraction of sp³-hybridized carbons (Fsp3) is 0.154. The summed E-state index contributed by atoms with van der Waals surface area (Å²) in [5.41, 5.74) is 1.11. The maximum absolute atomic E-state index is 9.08. The molecule has 84 valence electrons. The van der Waals surface area contributed by atoms with Crippen molar-refractivity contribution in [1.29, 1.82) is 5.26 Å². The second-order valence-corrected chi connectivity index (χ2v) is 3.59. The van der Waals surface area contributed by atoms with E-state index in [1.54, 1.807) is 18.5 Å². The van der Waals surface area contributed by atoms with E-state index in [0.29, 0.717) is 12.4 Å². The Morgan fingerprint density at radius 3 is 2.47 bits per heavy atom. The molecule has 0 aliphatic carbocycles. The van der Waals surface area contributed by atoms with Crippen molar-refractivity contribution in [2.45, 2.75) is 12.5 Å². The first kappa shape index (κ1) is 11.1. The van der Waals surface area contributed by atoms with Crippen LogP contribution in [0.5, 0.6) is 0 Å². The van der Waals surface area contributed by atoms with Crippen molar-refractivity contribution in [3.8, 4) is 6.07 Å². The molecule has 1 heterocycles. The van der Waals surface area contributed by atoms with Gasteiger partial charge in [0.05, 0.1) is 6.07 Å². The van der Waals surface area contributed by atoms with Crippen LogP contribution in [0.2, 0.25) is 0 Å². The van der Waals surface area contributed by atoms with Gasteiger partial charge in [-0.15, -0.1) is 0 Å². The zero-order valence-corrected chi connectivity index (χ0v) is 9.24. The van der Waals surface area contributed by atoms with Gasteiger partial charge in [0.25, 0.3) is 0 Å². The Bertz CT molecular complexity index is 448. The number of benzene rings is 1. The number of nitrogens with zero attached hydrogens (tertiary/aromatic N) is 3. The number of hydrogen-bond donors (Lipinski definition) is 1. The third kappa shape index (κ3) is 3.28. The lowest BCUT2D eigenvalue weighted by Gasteiger charge is -2.10. The van der Waals surface area contributed by atoms with Crippen LogP contribution in [-0.2, 0) is 6.42 Å². The molecule has 0 saturated carbocycles. The lowest BCUT2D eigenvalue weighted by atomic mass is 10.1. The Morgan fingerprint density at radius 2 is 1.82 bits per heavy atom. The first-order chi connectivity index (χ1) is 8.38. The zero-order valence-electron chi connectivity index (χ0n) is 9.24. The summed E-state index contributed by atoms with van der Waals surface area (Å²) in [5.74, 6) is 0.481. The van der Waals surface area contributed by atoms with Gasteiger partial charge in [-0.1, -0.05) is 30.3 Å². The van der Waals surface area contributed by atoms with Crippen molar-refractivity contribution in [3.05, 3.63) is 54.4 Å². The Balaban J connectivity index is 2.01. The van der Waals surface area contributed by atoms with Crippen molar-refractivity contribution in [3.63, 3.8) is 0 Å². The standard InChI is InChI=1S/C13H12N4/c14-10-12(9-11-5-2-1-3-6-11)17-13-15-7-4-8-16-13/h1-8,12H,9H2,(H,15,16,17). The molecule has 17 heavy (non-hydrogen) atoms. The van der Waals surface area contributed by atoms with Gasteiger partial charge >= 0.3 is 0 Å². The van der Waals surface area contributed by atoms with Crippen LogP contribution in [0.15, 0.2) is 48.8 Å². The predicted molar refractivity (Wildman–Crippen MR) is 65.2 cm³/mol. The summed E-state index contributed by atoms with van der Waals surface area (Å²) in [7, 11) is 0. The van der Waals surface area contributed by atoms with E-state index in [9.17, 15) is 0 Å². The van der Waals surface area contributed by atoms with Crippen LogP contribution in [0.3, 0.4) is 0 Å². The van der Waals surface area contributed by atoms with E-state index in [2.05, 4.69) is 21.4 Å². The molecule has 1 atom stereocenters. The maximum Gasteiger partial charge on any atom is 0.223 e. The molecular formula is C13H12N4. The van der Waals surface area contributed by atoms with Gasteiger partial charge in [0.15, 0.2) is 0 Å². The van der Waals surface area contributed by atoms with Gasteiger partial charge in [-0.3, -0.25) is 0 Å². The minimum atomic E-state index is -0.320. The minimum absolute atomic E-state index is 0.320. The van der Waals surface area contributed by atoms with Crippen molar-refractivity contribution >= 4 is 5.95 Å². The van der Waals surface area contributed by atoms with Crippen LogP contribution < -0.4 is 5.32 Å². The molecule has 0 fully saturated rings. The molecule has 2 aromatic rings. The van der Waals surface area contributed by atoms with Crippen LogP contribution >= 0.6 is 0 Å². The van der Waals surface area contributed by atoms with E-state index >= 15 is 0 Å². The van der Waals surface area contributed by atoms with Gasteiger partial charge < -0.3 is 5.32 Å². The van der Waals surface area contributed by atoms with E-state index in [1.165, 1.54) is 0 Å². The Morgan fingerprint density at radius 1 is 1.12 bits per heavy atom. The number of rotatable bonds is 4. The Labute approximate surface area is 100.0 Å². The molecule has 0 spiro atoms. The summed E-state index contributed by atoms with van der Waals surface area (Å²) in [4.78, 5) is 8.07. The molecule has 1 unspecified atom stereocenters. The molecule has 0 saturated heterocycles. The van der Waals surface area contributed by atoms with Crippen LogP contribution in [0, 0.1) is 11.3 Å². The monoisotopic (exact) mass is 224 g/mol. The molecule has 0 aliphatic heterocycles. The largest absolute Gasteiger partial charge is 0.338 e. The van der Waals surface area contributed by atoms with Gasteiger partial charge in [-0.05, 0) is 11.6 Å². The van der Waals surface area contributed by atoms with Gasteiger partial charge in [-0.2, -0.15) is 5.26 Å². The Hall–Kier alpha value is -2.41. The van der Waals surface area contributed by atoms with Gasteiger partial charge in [-0.25, -0.2) is 9.97 Å². The molecule has 4 nitrogen and oxygen atoms in total. The molecule has 0 amide bonds. The third-order valence-corrected chi connectivity index (χ3v) is 2.31. The van der Waals surface area contributed by atoms with Crippen molar-refractivity contribution < 1.29 is 0 Å². The molecule has 1 aromatic heterocycles. The fourth-order valence-electron chi connectivity index (χ4n) is 1.51. The number of anilines is 1. The van der Waals surface area contributed by atoms with Crippen molar-refractivity contribution in [2.24, 2.45) is 0 Å². The van der Waals surface area contributed by atoms with Crippen LogP contribution in [0.25, 0.3) is 0 Å². The number of hydrogen-bond acceptors (Lipinski definition) is 4. The average Bonchev–Trinajstić information content (AvgIpc) is 2.40. The van der Waals surface area contributed by atoms with Gasteiger partial charge in [0, 0.05) is 18.8 Å². The predicted octanol–water partition coefficient (Wildman–Crippen LogP) is 2.02. The molecule has 1 N–H and O–H groups in total. The van der Waals surface area contributed by atoms with E-state index in [-0.39, 0.29) is 6.04 Å². The summed E-state index contributed by atoms with van der Waals surface area (Å²) in [5, 5.41) is 12.1. The minimum Gasteiger partial charge on any atom is -0.338 e. The van der Waals surface area contributed by atoms with Gasteiger partial charge in [0.2, 0.25) is 5.95 Å². The molecule has 4 heteroatoms. The first-order valence-corrected chi connectivity index (χ1v) is 5.35. The normalized spacial score (nSPS) is 11.5. The second-order valence-electron chi connectivity index (χ2n) is 3.59. The molecule has 0 bridgehead atoms. The maximum atomic E-state index is 9.08. The number of nitriles is 1. The lowest BCUT2D eigenvalue weighted by Crippen LogP contribution is -2.21. The molecule has 0 radical (unpaired) electrons. The van der Waals surface area contributed by atoms with Crippen molar-refractivity contribution in [1.82, 2.24) is 9.97 Å². The Kier molecular flexibility index (Phi) is 3.66. The van der Waals surface area contributed by atoms with Crippen LogP contribution in [0.1, 0.15) is 5.56 Å². The summed E-state index contributed by atoms with van der Waals surface area (Å²) in [6.07, 6.45) is 3.92. The van der Waals surface area contributed by atoms with E-state index in [4.69, 9.17) is 5.26 Å². The second kappa shape index (κ2) is 5.61. The van der Waals surface area contributed by atoms with E-state index in [1.807, 2.05) is 30.3 Å². The van der Waals surface area contributed by atoms with Crippen LogP contribution in [0.4, 0.5) is 5.95 Å². The third-order valence-electron chi connectivity index (χ3n) is 2.31. The molecule has 1 aromatic carbocycles. The SMILES string of the molecule is N#CC(Cc1ccccc1)Nc1ncccn1. The highest BCUT2D eigenvalue weighted by Gasteiger charge is 2.08. The van der Waals surface area contributed by atoms with E-state index < -0.39 is 0 Å². The number of nitrogens with one attached hydrogen (secondary N) is 1.